The van der Waals surface area contributed by atoms with Gasteiger partial charge in [-0.15, -0.1) is 11.3 Å². The molecule has 0 amide bonds. The first-order chi connectivity index (χ1) is 9.88. The fourth-order valence-corrected chi connectivity index (χ4v) is 3.30. The molecule has 102 valence electrons. The molecule has 3 aromatic rings. The molecule has 0 radical (unpaired) electrons. The van der Waals surface area contributed by atoms with Crippen LogP contribution < -0.4 is 5.32 Å². The second-order valence-corrected chi connectivity index (χ2v) is 5.77. The molecule has 2 aromatic carbocycles. The number of fused-ring (bicyclic) bond motifs is 1. The van der Waals surface area contributed by atoms with E-state index >= 15 is 0 Å². The third-order valence-electron chi connectivity index (χ3n) is 3.55. The summed E-state index contributed by atoms with van der Waals surface area (Å²) in [6.07, 6.45) is 2.97. The first-order valence-corrected chi connectivity index (χ1v) is 7.85. The summed E-state index contributed by atoms with van der Waals surface area (Å²) >= 11 is 1.72. The van der Waals surface area contributed by atoms with E-state index in [0.29, 0.717) is 6.04 Å². The molecule has 0 bridgehead atoms. The predicted octanol–water partition coefficient (Wildman–Crippen LogP) is 4.19. The Morgan fingerprint density at radius 2 is 2.00 bits per heavy atom. The Hall–Kier alpha value is -1.71. The Morgan fingerprint density at radius 1 is 1.15 bits per heavy atom. The molecule has 0 aliphatic rings. The minimum atomic E-state index is 0.346. The normalized spacial score (nSPS) is 12.7. The highest BCUT2D eigenvalue weighted by atomic mass is 32.1. The van der Waals surface area contributed by atoms with Crippen LogP contribution in [0.5, 0.6) is 0 Å². The van der Waals surface area contributed by atoms with Gasteiger partial charge in [0.2, 0.25) is 0 Å². The maximum Gasteiger partial charge on any atom is 0.0794 e. The Balaban J connectivity index is 1.94. The van der Waals surface area contributed by atoms with Crippen LogP contribution in [-0.4, -0.2) is 11.5 Å². The van der Waals surface area contributed by atoms with Crippen LogP contribution >= 0.6 is 11.3 Å². The van der Waals surface area contributed by atoms with Crippen molar-refractivity contribution in [3.8, 4) is 0 Å². The zero-order chi connectivity index (χ0) is 13.8. The minimum absolute atomic E-state index is 0.346. The average molecular weight is 282 g/mol. The van der Waals surface area contributed by atoms with Gasteiger partial charge in [-0.2, -0.15) is 0 Å². The molecule has 0 fully saturated rings. The Bertz CT molecular complexity index is 671. The molecule has 1 aromatic heterocycles. The van der Waals surface area contributed by atoms with Gasteiger partial charge in [-0.3, -0.25) is 4.98 Å². The lowest BCUT2D eigenvalue weighted by atomic mass is 9.98. The SMILES string of the molecule is CCNC(Cc1cccc2ccccc12)c1cncs1. The molecule has 3 heteroatoms. The van der Waals surface area contributed by atoms with Crippen LogP contribution in [0, 0.1) is 0 Å². The monoisotopic (exact) mass is 282 g/mol. The van der Waals surface area contributed by atoms with Crippen molar-refractivity contribution in [1.82, 2.24) is 10.3 Å². The smallest absolute Gasteiger partial charge is 0.0794 e. The number of hydrogen-bond donors (Lipinski definition) is 1. The van der Waals surface area contributed by atoms with E-state index in [1.165, 1.54) is 21.2 Å². The molecule has 20 heavy (non-hydrogen) atoms. The molecule has 0 aliphatic heterocycles. The fourth-order valence-electron chi connectivity index (χ4n) is 2.61. The number of aromatic nitrogens is 1. The zero-order valence-corrected chi connectivity index (χ0v) is 12.4. The predicted molar refractivity (Wildman–Crippen MR) is 86.2 cm³/mol. The van der Waals surface area contributed by atoms with E-state index in [9.17, 15) is 0 Å². The third-order valence-corrected chi connectivity index (χ3v) is 4.44. The summed E-state index contributed by atoms with van der Waals surface area (Å²) in [7, 11) is 0. The Morgan fingerprint density at radius 3 is 2.80 bits per heavy atom. The maximum absolute atomic E-state index is 4.21. The van der Waals surface area contributed by atoms with Crippen molar-refractivity contribution < 1.29 is 0 Å². The average Bonchev–Trinajstić information content (AvgIpc) is 3.01. The molecule has 1 heterocycles. The van der Waals surface area contributed by atoms with Crippen LogP contribution in [-0.2, 0) is 6.42 Å². The highest BCUT2D eigenvalue weighted by Gasteiger charge is 2.14. The molecule has 0 spiro atoms. The maximum atomic E-state index is 4.21. The van der Waals surface area contributed by atoms with Crippen LogP contribution in [0.1, 0.15) is 23.4 Å². The van der Waals surface area contributed by atoms with E-state index < -0.39 is 0 Å². The largest absolute Gasteiger partial charge is 0.309 e. The summed E-state index contributed by atoms with van der Waals surface area (Å²) in [5.41, 5.74) is 3.30. The van der Waals surface area contributed by atoms with Crippen molar-refractivity contribution in [3.63, 3.8) is 0 Å². The molecular formula is C17H18N2S. The number of nitrogens with zero attached hydrogens (tertiary/aromatic N) is 1. The van der Waals surface area contributed by atoms with Crippen LogP contribution in [0.2, 0.25) is 0 Å². The van der Waals surface area contributed by atoms with Crippen molar-refractivity contribution in [3.05, 3.63) is 64.6 Å². The van der Waals surface area contributed by atoms with E-state index in [1.807, 2.05) is 11.7 Å². The van der Waals surface area contributed by atoms with Crippen LogP contribution in [0.25, 0.3) is 10.8 Å². The third kappa shape index (κ3) is 2.74. The molecule has 1 atom stereocenters. The molecule has 0 saturated carbocycles. The number of hydrogen-bond acceptors (Lipinski definition) is 3. The molecule has 3 rings (SSSR count). The van der Waals surface area contributed by atoms with Gasteiger partial charge in [-0.1, -0.05) is 49.4 Å². The molecule has 1 unspecified atom stereocenters. The van der Waals surface area contributed by atoms with Crippen LogP contribution in [0.3, 0.4) is 0 Å². The summed E-state index contributed by atoms with van der Waals surface area (Å²) in [5.74, 6) is 0. The van der Waals surface area contributed by atoms with Gasteiger partial charge in [-0.25, -0.2) is 0 Å². The fraction of sp³-hybridized carbons (Fsp3) is 0.235. The summed E-state index contributed by atoms with van der Waals surface area (Å²) in [4.78, 5) is 5.51. The summed E-state index contributed by atoms with van der Waals surface area (Å²) in [6, 6.07) is 15.5. The van der Waals surface area contributed by atoms with Gasteiger partial charge < -0.3 is 5.32 Å². The Labute approximate surface area is 123 Å². The minimum Gasteiger partial charge on any atom is -0.309 e. The molecule has 0 saturated heterocycles. The quantitative estimate of drug-likeness (QED) is 0.759. The van der Waals surface area contributed by atoms with Gasteiger partial charge in [0, 0.05) is 17.1 Å². The van der Waals surface area contributed by atoms with E-state index in [0.717, 1.165) is 13.0 Å². The second-order valence-electron chi connectivity index (χ2n) is 4.86. The van der Waals surface area contributed by atoms with E-state index in [2.05, 4.69) is 59.7 Å². The van der Waals surface area contributed by atoms with Gasteiger partial charge in [0.1, 0.15) is 0 Å². The molecular weight excluding hydrogens is 264 g/mol. The second kappa shape index (κ2) is 6.16. The first kappa shape index (κ1) is 13.3. The van der Waals surface area contributed by atoms with Crippen molar-refractivity contribution in [2.45, 2.75) is 19.4 Å². The number of nitrogens with one attached hydrogen (secondary N) is 1. The number of thiazole rings is 1. The van der Waals surface area contributed by atoms with Gasteiger partial charge in [0.05, 0.1) is 5.51 Å². The molecule has 0 aliphatic carbocycles. The van der Waals surface area contributed by atoms with Gasteiger partial charge in [-0.05, 0) is 29.3 Å². The summed E-state index contributed by atoms with van der Waals surface area (Å²) in [6.45, 7) is 3.12. The lowest BCUT2D eigenvalue weighted by Gasteiger charge is -2.17. The van der Waals surface area contributed by atoms with Gasteiger partial charge in [0.25, 0.3) is 0 Å². The molecule has 1 N–H and O–H groups in total. The van der Waals surface area contributed by atoms with Crippen LogP contribution in [0.4, 0.5) is 0 Å². The van der Waals surface area contributed by atoms with E-state index in [1.54, 1.807) is 11.3 Å². The highest BCUT2D eigenvalue weighted by molar-refractivity contribution is 7.09. The zero-order valence-electron chi connectivity index (χ0n) is 11.5. The number of benzene rings is 2. The highest BCUT2D eigenvalue weighted by Crippen LogP contribution is 2.26. The number of likely N-dealkylation sites (N-methyl/N-ethyl adjacent to an activating group) is 1. The van der Waals surface area contributed by atoms with Gasteiger partial charge in [0.15, 0.2) is 0 Å². The standard InChI is InChI=1S/C17H18N2S/c1-2-19-16(17-11-18-12-20-17)10-14-8-5-7-13-6-3-4-9-15(13)14/h3-9,11-12,16,19H,2,10H2,1H3. The van der Waals surface area contributed by atoms with E-state index in [4.69, 9.17) is 0 Å². The van der Waals surface area contributed by atoms with E-state index in [-0.39, 0.29) is 0 Å². The van der Waals surface area contributed by atoms with Crippen molar-refractivity contribution in [2.24, 2.45) is 0 Å². The van der Waals surface area contributed by atoms with Crippen molar-refractivity contribution in [1.29, 1.82) is 0 Å². The lowest BCUT2D eigenvalue weighted by Crippen LogP contribution is -2.22. The summed E-state index contributed by atoms with van der Waals surface area (Å²) in [5, 5.41) is 6.23. The topological polar surface area (TPSA) is 24.9 Å². The summed E-state index contributed by atoms with van der Waals surface area (Å²) < 4.78 is 0. The number of rotatable bonds is 5. The van der Waals surface area contributed by atoms with Crippen molar-refractivity contribution in [2.75, 3.05) is 6.54 Å². The lowest BCUT2D eigenvalue weighted by molar-refractivity contribution is 0.559. The first-order valence-electron chi connectivity index (χ1n) is 6.97. The Kier molecular flexibility index (Phi) is 4.09. The van der Waals surface area contributed by atoms with Crippen molar-refractivity contribution >= 4 is 22.1 Å². The molecule has 2 nitrogen and oxygen atoms in total. The van der Waals surface area contributed by atoms with Crippen LogP contribution in [0.15, 0.2) is 54.2 Å². The van der Waals surface area contributed by atoms with Gasteiger partial charge >= 0.3 is 0 Å².